The zero-order valence-electron chi connectivity index (χ0n) is 15.2. The maximum absolute atomic E-state index is 12.6. The summed E-state index contributed by atoms with van der Waals surface area (Å²) < 4.78 is 10.9. The molecule has 1 N–H and O–H groups in total. The van der Waals surface area contributed by atoms with Crippen LogP contribution < -0.4 is 15.0 Å². The maximum Gasteiger partial charge on any atom is 0.273 e. The molecule has 1 aromatic heterocycles. The number of ether oxygens (including phenoxy) is 1. The predicted molar refractivity (Wildman–Crippen MR) is 96.2 cm³/mol. The minimum absolute atomic E-state index is 0.101. The minimum Gasteiger partial charge on any atom is -0.490 e. The van der Waals surface area contributed by atoms with Gasteiger partial charge in [0.25, 0.3) is 5.91 Å². The van der Waals surface area contributed by atoms with E-state index in [4.69, 9.17) is 9.26 Å². The Hall–Kier alpha value is -2.83. The van der Waals surface area contributed by atoms with Gasteiger partial charge < -0.3 is 19.5 Å². The maximum atomic E-state index is 12.6. The van der Waals surface area contributed by atoms with Crippen molar-refractivity contribution in [2.24, 2.45) is 11.8 Å². The highest BCUT2D eigenvalue weighted by Crippen LogP contribution is 2.31. The Labute approximate surface area is 152 Å². The van der Waals surface area contributed by atoms with Crippen LogP contribution in [0.25, 0.3) is 0 Å². The number of benzene rings is 1. The van der Waals surface area contributed by atoms with Crippen LogP contribution in [-0.2, 0) is 11.2 Å². The van der Waals surface area contributed by atoms with Gasteiger partial charge in [-0.25, -0.2) is 0 Å². The largest absolute Gasteiger partial charge is 0.490 e. The number of aromatic nitrogens is 1. The van der Waals surface area contributed by atoms with Gasteiger partial charge in [-0.1, -0.05) is 31.1 Å². The summed E-state index contributed by atoms with van der Waals surface area (Å²) >= 11 is 0. The van der Waals surface area contributed by atoms with Crippen LogP contribution >= 0.6 is 0 Å². The molecule has 0 radical (unpaired) electrons. The number of fused-ring (bicyclic) bond motifs is 1. The fraction of sp³-hybridized carbons (Fsp3) is 0.421. The van der Waals surface area contributed by atoms with Crippen molar-refractivity contribution in [2.45, 2.75) is 20.3 Å². The van der Waals surface area contributed by atoms with Gasteiger partial charge in [-0.3, -0.25) is 9.59 Å². The van der Waals surface area contributed by atoms with E-state index in [0.29, 0.717) is 17.4 Å². The lowest BCUT2D eigenvalue weighted by atomic mass is 10.1. The summed E-state index contributed by atoms with van der Waals surface area (Å²) in [5.41, 5.74) is 0.945. The summed E-state index contributed by atoms with van der Waals surface area (Å²) in [6.45, 7) is 4.50. The molecule has 0 aliphatic carbocycles. The van der Waals surface area contributed by atoms with Gasteiger partial charge in [-0.05, 0) is 18.1 Å². The number of amides is 2. The van der Waals surface area contributed by atoms with Gasteiger partial charge in [0.2, 0.25) is 5.91 Å². The predicted octanol–water partition coefficient (Wildman–Crippen LogP) is 2.27. The molecule has 0 bridgehead atoms. The number of nitrogens with one attached hydrogen (secondary N) is 1. The van der Waals surface area contributed by atoms with E-state index in [1.165, 1.54) is 0 Å². The fourth-order valence-corrected chi connectivity index (χ4v) is 2.88. The fourth-order valence-electron chi connectivity index (χ4n) is 2.88. The SMILES string of the molecule is CC(C)Cc1cc(C(=O)NC[C@H]2COc3ccccc3N(C)C2=O)no1. The van der Waals surface area contributed by atoms with E-state index in [-0.39, 0.29) is 30.7 Å². The Kier molecular flexibility index (Phi) is 5.25. The molecule has 0 saturated heterocycles. The molecule has 1 aliphatic heterocycles. The zero-order chi connectivity index (χ0) is 18.7. The molecule has 0 fully saturated rings. The molecule has 0 saturated carbocycles. The second kappa shape index (κ2) is 7.59. The van der Waals surface area contributed by atoms with E-state index in [0.717, 1.165) is 12.1 Å². The number of para-hydroxylation sites is 2. The first-order valence-electron chi connectivity index (χ1n) is 8.69. The van der Waals surface area contributed by atoms with E-state index < -0.39 is 5.92 Å². The number of hydrogen-bond donors (Lipinski definition) is 1. The van der Waals surface area contributed by atoms with Crippen LogP contribution in [0.5, 0.6) is 5.75 Å². The normalized spacial score (nSPS) is 16.8. The Morgan fingerprint density at radius 1 is 1.38 bits per heavy atom. The highest BCUT2D eigenvalue weighted by atomic mass is 16.5. The van der Waals surface area contributed by atoms with Crippen LogP contribution in [0.15, 0.2) is 34.9 Å². The van der Waals surface area contributed by atoms with Crippen molar-refractivity contribution < 1.29 is 18.8 Å². The topological polar surface area (TPSA) is 84.7 Å². The molecule has 0 unspecified atom stereocenters. The Bertz CT molecular complexity index is 800. The minimum atomic E-state index is -0.474. The van der Waals surface area contributed by atoms with Gasteiger partial charge in [0.15, 0.2) is 5.69 Å². The molecular weight excluding hydrogens is 334 g/mol. The van der Waals surface area contributed by atoms with E-state index in [9.17, 15) is 9.59 Å². The zero-order valence-corrected chi connectivity index (χ0v) is 15.2. The van der Waals surface area contributed by atoms with E-state index in [2.05, 4.69) is 24.3 Å². The van der Waals surface area contributed by atoms with E-state index in [1.807, 2.05) is 24.3 Å². The molecule has 138 valence electrons. The van der Waals surface area contributed by atoms with Gasteiger partial charge in [-0.15, -0.1) is 0 Å². The standard InChI is InChI=1S/C19H23N3O4/c1-12(2)8-14-9-15(21-26-14)18(23)20-10-13-11-25-17-7-5-4-6-16(17)22(3)19(13)24/h4-7,9,12-13H,8,10-11H2,1-3H3,(H,20,23)/t13-/m0/s1. The molecule has 0 spiro atoms. The molecule has 1 aromatic carbocycles. The van der Waals surface area contributed by atoms with Crippen LogP contribution in [-0.4, -0.2) is 37.2 Å². The molecular formula is C19H23N3O4. The molecule has 2 heterocycles. The summed E-state index contributed by atoms with van der Waals surface area (Å²) in [6.07, 6.45) is 0.721. The molecule has 2 aromatic rings. The second-order valence-corrected chi connectivity index (χ2v) is 6.86. The van der Waals surface area contributed by atoms with Crippen molar-refractivity contribution in [3.05, 3.63) is 41.8 Å². The molecule has 3 rings (SSSR count). The highest BCUT2D eigenvalue weighted by Gasteiger charge is 2.29. The number of nitrogens with zero attached hydrogens (tertiary/aromatic N) is 2. The average molecular weight is 357 g/mol. The van der Waals surface area contributed by atoms with Crippen molar-refractivity contribution in [1.82, 2.24) is 10.5 Å². The van der Waals surface area contributed by atoms with Gasteiger partial charge >= 0.3 is 0 Å². The third-order valence-electron chi connectivity index (χ3n) is 4.26. The lowest BCUT2D eigenvalue weighted by Gasteiger charge is -2.19. The first kappa shape index (κ1) is 18.0. The highest BCUT2D eigenvalue weighted by molar-refractivity contribution is 5.97. The number of carbonyl (C=O) groups excluding carboxylic acids is 2. The molecule has 2 amide bonds. The van der Waals surface area contributed by atoms with Crippen LogP contribution in [0.4, 0.5) is 5.69 Å². The van der Waals surface area contributed by atoms with Crippen molar-refractivity contribution in [3.63, 3.8) is 0 Å². The first-order chi connectivity index (χ1) is 12.5. The van der Waals surface area contributed by atoms with Crippen molar-refractivity contribution in [3.8, 4) is 5.75 Å². The Morgan fingerprint density at radius 2 is 2.15 bits per heavy atom. The lowest BCUT2D eigenvalue weighted by Crippen LogP contribution is -2.41. The Morgan fingerprint density at radius 3 is 2.92 bits per heavy atom. The Balaban J connectivity index is 1.62. The summed E-state index contributed by atoms with van der Waals surface area (Å²) in [5.74, 6) is 0.813. The summed E-state index contributed by atoms with van der Waals surface area (Å²) in [5, 5.41) is 6.56. The third kappa shape index (κ3) is 3.87. The third-order valence-corrected chi connectivity index (χ3v) is 4.26. The van der Waals surface area contributed by atoms with Gasteiger partial charge in [-0.2, -0.15) is 0 Å². The monoisotopic (exact) mass is 357 g/mol. The lowest BCUT2D eigenvalue weighted by molar-refractivity contribution is -0.122. The smallest absolute Gasteiger partial charge is 0.273 e. The van der Waals surface area contributed by atoms with Crippen molar-refractivity contribution in [1.29, 1.82) is 0 Å². The van der Waals surface area contributed by atoms with Crippen molar-refractivity contribution in [2.75, 3.05) is 25.1 Å². The van der Waals surface area contributed by atoms with Gasteiger partial charge in [0.1, 0.15) is 18.1 Å². The molecule has 1 atom stereocenters. The quantitative estimate of drug-likeness (QED) is 0.887. The molecule has 1 aliphatic rings. The summed E-state index contributed by atoms with van der Waals surface area (Å²) in [7, 11) is 1.71. The van der Waals surface area contributed by atoms with E-state index in [1.54, 1.807) is 18.0 Å². The average Bonchev–Trinajstić information content (AvgIpc) is 3.04. The summed E-state index contributed by atoms with van der Waals surface area (Å²) in [6, 6.07) is 9.01. The molecule has 7 nitrogen and oxygen atoms in total. The first-order valence-corrected chi connectivity index (χ1v) is 8.69. The van der Waals surface area contributed by atoms with Crippen LogP contribution in [0.1, 0.15) is 30.1 Å². The number of hydrogen-bond acceptors (Lipinski definition) is 5. The number of carbonyl (C=O) groups is 2. The summed E-state index contributed by atoms with van der Waals surface area (Å²) in [4.78, 5) is 26.5. The molecule has 26 heavy (non-hydrogen) atoms. The van der Waals surface area contributed by atoms with Crippen LogP contribution in [0.2, 0.25) is 0 Å². The van der Waals surface area contributed by atoms with Crippen LogP contribution in [0.3, 0.4) is 0 Å². The second-order valence-electron chi connectivity index (χ2n) is 6.86. The van der Waals surface area contributed by atoms with Gasteiger partial charge in [0, 0.05) is 26.1 Å². The van der Waals surface area contributed by atoms with E-state index >= 15 is 0 Å². The molecule has 7 heteroatoms. The van der Waals surface area contributed by atoms with Gasteiger partial charge in [0.05, 0.1) is 11.6 Å². The number of rotatable bonds is 5. The number of anilines is 1. The van der Waals surface area contributed by atoms with Crippen molar-refractivity contribution >= 4 is 17.5 Å². The van der Waals surface area contributed by atoms with Crippen LogP contribution in [0, 0.1) is 11.8 Å².